The zero-order chi connectivity index (χ0) is 21.4. The molecule has 0 aromatic heterocycles. The van der Waals surface area contributed by atoms with Crippen molar-refractivity contribution >= 4 is 39.5 Å². The molecule has 2 aromatic rings. The van der Waals surface area contributed by atoms with Crippen molar-refractivity contribution in [2.45, 2.75) is 57.6 Å². The summed E-state index contributed by atoms with van der Waals surface area (Å²) < 4.78 is 0.983. The van der Waals surface area contributed by atoms with E-state index in [1.807, 2.05) is 69.3 Å². The number of amides is 2. The Labute approximate surface area is 186 Å². The van der Waals surface area contributed by atoms with Crippen LogP contribution in [-0.2, 0) is 16.1 Å². The van der Waals surface area contributed by atoms with Gasteiger partial charge in [-0.1, -0.05) is 52.7 Å². The molecule has 0 aliphatic rings. The summed E-state index contributed by atoms with van der Waals surface area (Å²) in [5, 5.41) is 2.99. The van der Waals surface area contributed by atoms with Crippen molar-refractivity contribution in [2.75, 3.05) is 5.75 Å². The molecule has 0 heterocycles. The molecule has 156 valence electrons. The normalized spacial score (nSPS) is 12.9. The Hall–Kier alpha value is -1.79. The lowest BCUT2D eigenvalue weighted by molar-refractivity contribution is -0.138. The van der Waals surface area contributed by atoms with E-state index in [0.717, 1.165) is 21.4 Å². The second-order valence-electron chi connectivity index (χ2n) is 7.24. The van der Waals surface area contributed by atoms with Crippen LogP contribution in [0.1, 0.15) is 38.3 Å². The number of hydrogen-bond acceptors (Lipinski definition) is 3. The third-order valence-electron chi connectivity index (χ3n) is 4.82. The van der Waals surface area contributed by atoms with E-state index in [-0.39, 0.29) is 17.9 Å². The lowest BCUT2D eigenvalue weighted by atomic mass is 10.1. The van der Waals surface area contributed by atoms with Gasteiger partial charge in [0.2, 0.25) is 11.8 Å². The lowest BCUT2D eigenvalue weighted by Crippen LogP contribution is -2.50. The summed E-state index contributed by atoms with van der Waals surface area (Å²) in [4.78, 5) is 28.5. The number of benzene rings is 2. The predicted octanol–water partition coefficient (Wildman–Crippen LogP) is 5.18. The first-order chi connectivity index (χ1) is 13.8. The molecule has 2 aromatic carbocycles. The zero-order valence-corrected chi connectivity index (χ0v) is 19.8. The number of nitrogens with one attached hydrogen (secondary N) is 1. The van der Waals surface area contributed by atoms with Gasteiger partial charge in [-0.2, -0.15) is 0 Å². The van der Waals surface area contributed by atoms with Crippen molar-refractivity contribution < 1.29 is 9.59 Å². The average Bonchev–Trinajstić information content (AvgIpc) is 2.72. The fraction of sp³-hybridized carbons (Fsp3) is 0.391. The number of aryl methyl sites for hydroxylation is 1. The van der Waals surface area contributed by atoms with Crippen LogP contribution in [0.5, 0.6) is 0 Å². The molecule has 0 radical (unpaired) electrons. The summed E-state index contributed by atoms with van der Waals surface area (Å²) >= 11 is 4.93. The molecule has 0 bridgehead atoms. The van der Waals surface area contributed by atoms with Crippen molar-refractivity contribution in [3.63, 3.8) is 0 Å². The maximum absolute atomic E-state index is 13.1. The fourth-order valence-corrected chi connectivity index (χ4v) is 3.75. The molecule has 2 rings (SSSR count). The zero-order valence-electron chi connectivity index (χ0n) is 17.4. The number of carbonyl (C=O) groups excluding carboxylic acids is 2. The molecule has 0 fully saturated rings. The summed E-state index contributed by atoms with van der Waals surface area (Å²) in [7, 11) is 0. The van der Waals surface area contributed by atoms with Crippen LogP contribution in [0.4, 0.5) is 0 Å². The Kier molecular flexibility index (Phi) is 9.24. The van der Waals surface area contributed by atoms with Gasteiger partial charge in [-0.05, 0) is 57.0 Å². The van der Waals surface area contributed by atoms with Crippen LogP contribution in [0.15, 0.2) is 57.9 Å². The molecule has 0 aliphatic heterocycles. The molecule has 0 saturated carbocycles. The van der Waals surface area contributed by atoms with Crippen LogP contribution in [0.2, 0.25) is 0 Å². The third kappa shape index (κ3) is 7.52. The van der Waals surface area contributed by atoms with Gasteiger partial charge in [0.25, 0.3) is 0 Å². The van der Waals surface area contributed by atoms with E-state index in [0.29, 0.717) is 12.3 Å². The van der Waals surface area contributed by atoms with E-state index in [1.54, 1.807) is 11.8 Å². The van der Waals surface area contributed by atoms with Gasteiger partial charge in [0.1, 0.15) is 6.04 Å². The lowest BCUT2D eigenvalue weighted by Gasteiger charge is -2.29. The molecule has 0 spiro atoms. The van der Waals surface area contributed by atoms with Gasteiger partial charge in [-0.25, -0.2) is 0 Å². The largest absolute Gasteiger partial charge is 0.352 e. The highest BCUT2D eigenvalue weighted by atomic mass is 79.9. The monoisotopic (exact) mass is 476 g/mol. The van der Waals surface area contributed by atoms with Crippen LogP contribution in [0, 0.1) is 6.92 Å². The number of hydrogen-bond donors (Lipinski definition) is 1. The smallest absolute Gasteiger partial charge is 0.242 e. The Balaban J connectivity index is 2.13. The molecular weight excluding hydrogens is 448 g/mol. The summed E-state index contributed by atoms with van der Waals surface area (Å²) in [6.45, 7) is 8.23. The van der Waals surface area contributed by atoms with Crippen LogP contribution >= 0.6 is 27.7 Å². The van der Waals surface area contributed by atoms with E-state index < -0.39 is 6.04 Å². The van der Waals surface area contributed by atoms with E-state index >= 15 is 0 Å². The molecule has 1 N–H and O–H groups in total. The molecule has 0 aliphatic carbocycles. The molecular formula is C23H29BrN2O2S. The van der Waals surface area contributed by atoms with Crippen molar-refractivity contribution in [1.82, 2.24) is 10.2 Å². The molecule has 0 unspecified atom stereocenters. The van der Waals surface area contributed by atoms with E-state index in [2.05, 4.69) is 21.2 Å². The standard InChI is InChI=1S/C23H29BrN2O2S/c1-5-17(3)25-23(28)18(4)26(14-19-8-10-20(24)11-9-19)22(27)15-29-21-12-6-16(2)7-13-21/h6-13,17-18H,5,14-15H2,1-4H3,(H,25,28)/t17-,18-/m0/s1. The molecule has 2 atom stereocenters. The number of halogens is 1. The topological polar surface area (TPSA) is 49.4 Å². The van der Waals surface area contributed by atoms with Gasteiger partial charge in [0, 0.05) is 22.0 Å². The summed E-state index contributed by atoms with van der Waals surface area (Å²) in [6, 6.07) is 15.5. The molecule has 0 saturated heterocycles. The van der Waals surface area contributed by atoms with Gasteiger partial charge in [-0.15, -0.1) is 11.8 Å². The first-order valence-corrected chi connectivity index (χ1v) is 11.6. The quantitative estimate of drug-likeness (QED) is 0.507. The SMILES string of the molecule is CC[C@H](C)NC(=O)[C@H](C)N(Cc1ccc(Br)cc1)C(=O)CSc1ccc(C)cc1. The van der Waals surface area contributed by atoms with Crippen molar-refractivity contribution in [3.05, 3.63) is 64.1 Å². The second-order valence-corrected chi connectivity index (χ2v) is 9.21. The van der Waals surface area contributed by atoms with Crippen LogP contribution < -0.4 is 5.32 Å². The first-order valence-electron chi connectivity index (χ1n) is 9.84. The van der Waals surface area contributed by atoms with Crippen LogP contribution in [0.25, 0.3) is 0 Å². The van der Waals surface area contributed by atoms with Crippen LogP contribution in [0.3, 0.4) is 0 Å². The van der Waals surface area contributed by atoms with Gasteiger partial charge in [-0.3, -0.25) is 9.59 Å². The maximum Gasteiger partial charge on any atom is 0.242 e. The van der Waals surface area contributed by atoms with Gasteiger partial charge in [0.05, 0.1) is 5.75 Å². The maximum atomic E-state index is 13.1. The summed E-state index contributed by atoms with van der Waals surface area (Å²) in [5.41, 5.74) is 2.18. The summed E-state index contributed by atoms with van der Waals surface area (Å²) in [5.74, 6) is 0.121. The fourth-order valence-electron chi connectivity index (χ4n) is 2.70. The number of thioether (sulfide) groups is 1. The average molecular weight is 477 g/mol. The Morgan fingerprint density at radius 1 is 1.07 bits per heavy atom. The summed E-state index contributed by atoms with van der Waals surface area (Å²) in [6.07, 6.45) is 0.850. The minimum absolute atomic E-state index is 0.0507. The Bertz CT molecular complexity index is 809. The Morgan fingerprint density at radius 3 is 2.28 bits per heavy atom. The van der Waals surface area contributed by atoms with Gasteiger partial charge < -0.3 is 10.2 Å². The highest BCUT2D eigenvalue weighted by molar-refractivity contribution is 9.10. The molecule has 29 heavy (non-hydrogen) atoms. The van der Waals surface area contributed by atoms with Crippen LogP contribution in [-0.4, -0.2) is 34.6 Å². The minimum Gasteiger partial charge on any atom is -0.352 e. The van der Waals surface area contributed by atoms with E-state index in [1.165, 1.54) is 17.3 Å². The number of rotatable bonds is 9. The molecule has 4 nitrogen and oxygen atoms in total. The van der Waals surface area contributed by atoms with E-state index in [9.17, 15) is 9.59 Å². The first kappa shape index (κ1) is 23.5. The minimum atomic E-state index is -0.543. The van der Waals surface area contributed by atoms with Crippen molar-refractivity contribution in [3.8, 4) is 0 Å². The van der Waals surface area contributed by atoms with E-state index in [4.69, 9.17) is 0 Å². The molecule has 6 heteroatoms. The predicted molar refractivity (Wildman–Crippen MR) is 124 cm³/mol. The van der Waals surface area contributed by atoms with Crippen molar-refractivity contribution in [2.24, 2.45) is 0 Å². The van der Waals surface area contributed by atoms with Gasteiger partial charge >= 0.3 is 0 Å². The molecule has 2 amide bonds. The van der Waals surface area contributed by atoms with Gasteiger partial charge in [0.15, 0.2) is 0 Å². The number of carbonyl (C=O) groups is 2. The highest BCUT2D eigenvalue weighted by Gasteiger charge is 2.26. The third-order valence-corrected chi connectivity index (χ3v) is 6.34. The Morgan fingerprint density at radius 2 is 1.69 bits per heavy atom. The second kappa shape index (κ2) is 11.4. The van der Waals surface area contributed by atoms with Crippen molar-refractivity contribution in [1.29, 1.82) is 0 Å². The number of nitrogens with zero attached hydrogens (tertiary/aromatic N) is 1. The highest BCUT2D eigenvalue weighted by Crippen LogP contribution is 2.21.